The zero-order valence-electron chi connectivity index (χ0n) is 16.0. The minimum atomic E-state index is -2.69. The quantitative estimate of drug-likeness (QED) is 0.713. The summed E-state index contributed by atoms with van der Waals surface area (Å²) in [5.41, 5.74) is 0.768. The summed E-state index contributed by atoms with van der Waals surface area (Å²) in [6.07, 6.45) is 3.48. The lowest BCUT2D eigenvalue weighted by Gasteiger charge is -2.40. The second-order valence-corrected chi connectivity index (χ2v) is 8.30. The molecule has 4 rings (SSSR count). The Morgan fingerprint density at radius 2 is 1.96 bits per heavy atom. The molecule has 3 fully saturated rings. The number of likely N-dealkylation sites (tertiary alicyclic amines) is 1. The van der Waals surface area contributed by atoms with Gasteiger partial charge >= 0.3 is 0 Å². The van der Waals surface area contributed by atoms with Gasteiger partial charge < -0.3 is 19.3 Å². The average molecular weight is 393 g/mol. The number of carbonyl (C=O) groups is 2. The molecule has 3 aliphatic rings. The Morgan fingerprint density at radius 3 is 2.61 bits per heavy atom. The summed E-state index contributed by atoms with van der Waals surface area (Å²) in [6, 6.07) is 3.23. The van der Waals surface area contributed by atoms with Gasteiger partial charge in [0.15, 0.2) is 0 Å². The molecule has 3 heterocycles. The highest BCUT2D eigenvalue weighted by molar-refractivity contribution is 5.93. The molecule has 1 unspecified atom stereocenters. The largest absolute Gasteiger partial charge is 0.476 e. The van der Waals surface area contributed by atoms with Crippen LogP contribution in [0.4, 0.5) is 14.5 Å². The lowest BCUT2D eigenvalue weighted by molar-refractivity contribution is -0.117. The third-order valence-electron chi connectivity index (χ3n) is 5.55. The molecule has 1 saturated carbocycles. The number of aromatic nitrogens is 1. The smallest absolute Gasteiger partial charge is 0.282 e. The van der Waals surface area contributed by atoms with E-state index in [1.165, 1.54) is 4.90 Å². The third kappa shape index (κ3) is 4.25. The van der Waals surface area contributed by atoms with Crippen molar-refractivity contribution in [2.75, 3.05) is 37.7 Å². The van der Waals surface area contributed by atoms with Crippen LogP contribution in [0.25, 0.3) is 0 Å². The van der Waals surface area contributed by atoms with E-state index in [2.05, 4.69) is 4.98 Å². The molecule has 0 radical (unpaired) electrons. The molecule has 1 aromatic heterocycles. The Hall–Kier alpha value is -2.25. The van der Waals surface area contributed by atoms with Crippen LogP contribution in [-0.2, 0) is 4.79 Å². The number of halogens is 2. The Balaban J connectivity index is 1.48. The van der Waals surface area contributed by atoms with Crippen molar-refractivity contribution in [3.05, 3.63) is 17.8 Å². The molecule has 2 saturated heterocycles. The summed E-state index contributed by atoms with van der Waals surface area (Å²) >= 11 is 0. The maximum atomic E-state index is 13.3. The van der Waals surface area contributed by atoms with Gasteiger partial charge in [-0.3, -0.25) is 4.79 Å². The molecular weight excluding hydrogens is 368 g/mol. The number of alkyl halides is 2. The van der Waals surface area contributed by atoms with Crippen LogP contribution >= 0.6 is 0 Å². The average Bonchev–Trinajstić information content (AvgIpc) is 3.34. The van der Waals surface area contributed by atoms with E-state index in [1.807, 2.05) is 0 Å². The summed E-state index contributed by atoms with van der Waals surface area (Å²) in [5.74, 6) is -1.84. The molecule has 0 bridgehead atoms. The third-order valence-corrected chi connectivity index (χ3v) is 5.55. The Kier molecular flexibility index (Phi) is 4.97. The van der Waals surface area contributed by atoms with Gasteiger partial charge in [0, 0.05) is 19.5 Å². The Bertz CT molecular complexity index is 774. The van der Waals surface area contributed by atoms with Crippen LogP contribution < -0.4 is 9.64 Å². The normalized spacial score (nSPS) is 23.5. The monoisotopic (exact) mass is 393 g/mol. The first-order valence-electron chi connectivity index (χ1n) is 9.86. The molecule has 1 aliphatic carbocycles. The second-order valence-electron chi connectivity index (χ2n) is 8.30. The van der Waals surface area contributed by atoms with Gasteiger partial charge in [-0.25, -0.2) is 13.8 Å². The van der Waals surface area contributed by atoms with E-state index in [9.17, 15) is 18.4 Å². The van der Waals surface area contributed by atoms with E-state index in [0.717, 1.165) is 19.3 Å². The zero-order chi connectivity index (χ0) is 19.9. The predicted octanol–water partition coefficient (Wildman–Crippen LogP) is 2.77. The van der Waals surface area contributed by atoms with Crippen molar-refractivity contribution in [2.45, 2.75) is 38.5 Å². The Morgan fingerprint density at radius 1 is 1.21 bits per heavy atom. The first-order valence-corrected chi connectivity index (χ1v) is 9.86. The molecule has 1 amide bonds. The van der Waals surface area contributed by atoms with E-state index in [0.29, 0.717) is 37.7 Å². The summed E-state index contributed by atoms with van der Waals surface area (Å²) < 4.78 is 32.4. The van der Waals surface area contributed by atoms with Crippen LogP contribution in [0.5, 0.6) is 5.88 Å². The van der Waals surface area contributed by atoms with Crippen molar-refractivity contribution in [1.29, 1.82) is 0 Å². The lowest BCUT2D eigenvalue weighted by Crippen LogP contribution is -2.56. The molecule has 6 nitrogen and oxygen atoms in total. The summed E-state index contributed by atoms with van der Waals surface area (Å²) in [6.45, 7) is 2.47. The fourth-order valence-electron chi connectivity index (χ4n) is 3.82. The second kappa shape index (κ2) is 7.29. The van der Waals surface area contributed by atoms with Crippen LogP contribution in [0, 0.1) is 11.8 Å². The fraction of sp³-hybridized carbons (Fsp3) is 0.650. The number of ketones is 1. The van der Waals surface area contributed by atoms with Crippen molar-refractivity contribution in [2.24, 2.45) is 11.8 Å². The molecule has 2 aliphatic heterocycles. The van der Waals surface area contributed by atoms with Gasteiger partial charge in [-0.05, 0) is 50.2 Å². The van der Waals surface area contributed by atoms with E-state index in [4.69, 9.17) is 4.74 Å². The van der Waals surface area contributed by atoms with Gasteiger partial charge in [0.1, 0.15) is 17.2 Å². The van der Waals surface area contributed by atoms with E-state index in [1.54, 1.807) is 24.0 Å². The standard InChI is InChI=1S/C20H25F2N3O3/c1-13(26)8-15-6-7-24(9-15)19(27)16-4-5-17(25-11-20(21,22)12-25)18(23-16)28-10-14-2-3-14/h4-5,14-15H,2-3,6-12H2,1H3. The number of rotatable bonds is 7. The van der Waals surface area contributed by atoms with Gasteiger partial charge in [-0.1, -0.05) is 0 Å². The number of anilines is 1. The SMILES string of the molecule is CC(=O)CC1CCN(C(=O)c2ccc(N3CC(F)(F)C3)c(OCC3CC3)n2)C1. The van der Waals surface area contributed by atoms with E-state index >= 15 is 0 Å². The molecule has 152 valence electrons. The van der Waals surface area contributed by atoms with E-state index in [-0.39, 0.29) is 42.3 Å². The molecule has 8 heteroatoms. The van der Waals surface area contributed by atoms with Gasteiger partial charge in [-0.2, -0.15) is 0 Å². The summed E-state index contributed by atoms with van der Waals surface area (Å²) in [7, 11) is 0. The van der Waals surface area contributed by atoms with Gasteiger partial charge in [0.2, 0.25) is 5.88 Å². The van der Waals surface area contributed by atoms with Crippen molar-refractivity contribution >= 4 is 17.4 Å². The van der Waals surface area contributed by atoms with Crippen LogP contribution in [0.1, 0.15) is 43.1 Å². The van der Waals surface area contributed by atoms with Crippen LogP contribution in [0.15, 0.2) is 12.1 Å². The number of amides is 1. The van der Waals surface area contributed by atoms with Gasteiger partial charge in [0.25, 0.3) is 11.8 Å². The number of nitrogens with zero attached hydrogens (tertiary/aromatic N) is 3. The number of hydrogen-bond donors (Lipinski definition) is 0. The first-order chi connectivity index (χ1) is 13.3. The summed E-state index contributed by atoms with van der Waals surface area (Å²) in [5, 5.41) is 0. The number of hydrogen-bond acceptors (Lipinski definition) is 5. The zero-order valence-corrected chi connectivity index (χ0v) is 16.0. The van der Waals surface area contributed by atoms with Crippen LogP contribution in [-0.4, -0.2) is 60.3 Å². The highest BCUT2D eigenvalue weighted by Crippen LogP contribution is 2.38. The van der Waals surface area contributed by atoms with Crippen molar-refractivity contribution in [1.82, 2.24) is 9.88 Å². The minimum absolute atomic E-state index is 0.129. The maximum absolute atomic E-state index is 13.3. The summed E-state index contributed by atoms with van der Waals surface area (Å²) in [4.78, 5) is 31.8. The molecule has 0 spiro atoms. The molecule has 1 atom stereocenters. The number of pyridine rings is 1. The van der Waals surface area contributed by atoms with Crippen molar-refractivity contribution in [3.8, 4) is 5.88 Å². The number of Topliss-reactive ketones (excluding diaryl/α,β-unsaturated/α-hetero) is 1. The molecule has 0 N–H and O–H groups in total. The molecule has 1 aromatic rings. The van der Waals surface area contributed by atoms with Crippen molar-refractivity contribution in [3.63, 3.8) is 0 Å². The van der Waals surface area contributed by atoms with E-state index < -0.39 is 5.92 Å². The molecule has 0 aromatic carbocycles. The molecular formula is C20H25F2N3O3. The maximum Gasteiger partial charge on any atom is 0.282 e. The van der Waals surface area contributed by atoms with Crippen LogP contribution in [0.2, 0.25) is 0 Å². The number of carbonyl (C=O) groups excluding carboxylic acids is 2. The topological polar surface area (TPSA) is 62.7 Å². The highest BCUT2D eigenvalue weighted by Gasteiger charge is 2.45. The highest BCUT2D eigenvalue weighted by atomic mass is 19.3. The number of ether oxygens (including phenoxy) is 1. The van der Waals surface area contributed by atoms with Gasteiger partial charge in [0.05, 0.1) is 19.7 Å². The minimum Gasteiger partial charge on any atom is -0.476 e. The van der Waals surface area contributed by atoms with Crippen molar-refractivity contribution < 1.29 is 23.1 Å². The first kappa shape index (κ1) is 19.1. The van der Waals surface area contributed by atoms with Crippen LogP contribution in [0.3, 0.4) is 0 Å². The lowest BCUT2D eigenvalue weighted by atomic mass is 10.0. The van der Waals surface area contributed by atoms with Gasteiger partial charge in [-0.15, -0.1) is 0 Å². The fourth-order valence-corrected chi connectivity index (χ4v) is 3.82. The predicted molar refractivity (Wildman–Crippen MR) is 98.9 cm³/mol. The Labute approximate surface area is 162 Å². The molecule has 28 heavy (non-hydrogen) atoms.